The predicted molar refractivity (Wildman–Crippen MR) is 80.3 cm³/mol. The third-order valence-electron chi connectivity index (χ3n) is 2.91. The van der Waals surface area contributed by atoms with Crippen molar-refractivity contribution in [3.8, 4) is 0 Å². The highest BCUT2D eigenvalue weighted by Crippen LogP contribution is 2.54. The van der Waals surface area contributed by atoms with E-state index in [2.05, 4.69) is 0 Å². The minimum absolute atomic E-state index is 0.310. The summed E-state index contributed by atoms with van der Waals surface area (Å²) in [6, 6.07) is 3.83. The summed E-state index contributed by atoms with van der Waals surface area (Å²) >= 11 is 0. The Kier molecular flexibility index (Phi) is 5.77. The predicted octanol–water partition coefficient (Wildman–Crippen LogP) is -0.135. The van der Waals surface area contributed by atoms with Crippen molar-refractivity contribution in [1.29, 1.82) is 0 Å². The fourth-order valence-corrected chi connectivity index (χ4v) is 4.09. The first kappa shape index (κ1) is 18.7. The summed E-state index contributed by atoms with van der Waals surface area (Å²) in [7, 11) is -7.92. The van der Waals surface area contributed by atoms with Crippen LogP contribution in [0.3, 0.4) is 0 Å². The lowest BCUT2D eigenvalue weighted by Crippen LogP contribution is -2.31. The molecule has 10 heteroatoms. The molecule has 1 rings (SSSR count). The summed E-state index contributed by atoms with van der Waals surface area (Å²) in [4.78, 5) is 42.4. The number of nitrogens with two attached hydrogens (primary N) is 1. The number of benzene rings is 1. The van der Waals surface area contributed by atoms with E-state index >= 15 is 0 Å². The zero-order valence-corrected chi connectivity index (χ0v) is 13.4. The average molecular weight is 350 g/mol. The van der Waals surface area contributed by atoms with Crippen molar-refractivity contribution < 1.29 is 32.9 Å². The van der Waals surface area contributed by atoms with E-state index in [9.17, 15) is 27.8 Å². The van der Waals surface area contributed by atoms with E-state index in [0.717, 1.165) is 6.26 Å². The largest absolute Gasteiger partial charge is 0.480 e. The molecule has 0 saturated heterocycles. The van der Waals surface area contributed by atoms with Gasteiger partial charge in [-0.15, -0.1) is 0 Å². The van der Waals surface area contributed by atoms with E-state index in [4.69, 9.17) is 10.8 Å². The van der Waals surface area contributed by atoms with Gasteiger partial charge in [0.2, 0.25) is 0 Å². The molecule has 0 aromatic heterocycles. The van der Waals surface area contributed by atoms with Crippen molar-refractivity contribution in [3.05, 3.63) is 29.8 Å². The van der Waals surface area contributed by atoms with E-state index in [1.165, 1.54) is 24.3 Å². The Morgan fingerprint density at radius 3 is 2.32 bits per heavy atom. The molecule has 8 nitrogen and oxygen atoms in total. The molecule has 0 fully saturated rings. The lowest BCUT2D eigenvalue weighted by atomic mass is 10.2. The lowest BCUT2D eigenvalue weighted by molar-refractivity contribution is -0.138. The monoisotopic (exact) mass is 350 g/mol. The van der Waals surface area contributed by atoms with Gasteiger partial charge < -0.3 is 10.8 Å². The fourth-order valence-electron chi connectivity index (χ4n) is 1.70. The highest BCUT2D eigenvalue weighted by atomic mass is 32.2. The topological polar surface area (TPSA) is 155 Å². The molecule has 0 heterocycles. The second kappa shape index (κ2) is 6.80. The van der Waals surface area contributed by atoms with Crippen LogP contribution >= 0.6 is 7.72 Å². The number of carbonyl (C=O) groups excluding carboxylic acids is 1. The summed E-state index contributed by atoms with van der Waals surface area (Å²) in [6.07, 6.45) is 0.0502. The number of carboxylic acid groups (broad SMARTS) is 1. The molecule has 22 heavy (non-hydrogen) atoms. The number of sulfone groups is 1. The smallest absolute Gasteiger partial charge is 0.358 e. The minimum Gasteiger partial charge on any atom is -0.480 e. The van der Waals surface area contributed by atoms with Crippen molar-refractivity contribution in [2.75, 3.05) is 12.4 Å². The molecule has 0 unspecified atom stereocenters. The molecule has 1 atom stereocenters. The number of aliphatic carboxylic acids is 1. The van der Waals surface area contributed by atoms with Crippen LogP contribution in [-0.4, -0.2) is 53.3 Å². The molecule has 0 radical (unpaired) electrons. The van der Waals surface area contributed by atoms with E-state index in [1.54, 1.807) is 0 Å². The zero-order valence-electron chi connectivity index (χ0n) is 11.7. The molecule has 5 N–H and O–H groups in total. The molecule has 0 amide bonds. The Bertz CT molecular complexity index is 686. The third-order valence-corrected chi connectivity index (χ3v) is 5.84. The second-order valence-corrected chi connectivity index (χ2v) is 9.06. The summed E-state index contributed by atoms with van der Waals surface area (Å²) in [6.45, 7) is 0. The highest BCUT2D eigenvalue weighted by Gasteiger charge is 2.46. The molecular formula is C12H17NO7PS+. The molecule has 0 saturated carbocycles. The van der Waals surface area contributed by atoms with Gasteiger partial charge in [-0.1, -0.05) is 12.1 Å². The quantitative estimate of drug-likeness (QED) is 0.495. The third kappa shape index (κ3) is 4.56. The van der Waals surface area contributed by atoms with Crippen molar-refractivity contribution in [2.45, 2.75) is 17.4 Å². The molecular weight excluding hydrogens is 333 g/mol. The van der Waals surface area contributed by atoms with Crippen molar-refractivity contribution >= 4 is 29.0 Å². The number of carboxylic acids is 1. The van der Waals surface area contributed by atoms with E-state index in [-0.39, 0.29) is 16.9 Å². The summed E-state index contributed by atoms with van der Waals surface area (Å²) in [5, 5.41) is 8.65. The Hall–Kier alpha value is -1.38. The van der Waals surface area contributed by atoms with Gasteiger partial charge in [-0.2, -0.15) is 0 Å². The molecule has 0 spiro atoms. The van der Waals surface area contributed by atoms with Crippen LogP contribution < -0.4 is 5.73 Å². The minimum atomic E-state index is -4.19. The number of hydrogen-bond acceptors (Lipinski definition) is 7. The number of carbonyl (C=O) groups is 2. The Balaban J connectivity index is 3.08. The molecule has 0 aliphatic rings. The summed E-state index contributed by atoms with van der Waals surface area (Å²) in [5.41, 5.74) is 3.80. The number of rotatable bonds is 7. The van der Waals surface area contributed by atoms with Crippen LogP contribution in [0.25, 0.3) is 0 Å². The van der Waals surface area contributed by atoms with Gasteiger partial charge in [-0.05, 0) is 12.1 Å². The molecule has 0 aliphatic heterocycles. The summed E-state index contributed by atoms with van der Waals surface area (Å²) in [5.74, 6) is -1.33. The van der Waals surface area contributed by atoms with Crippen molar-refractivity contribution in [1.82, 2.24) is 0 Å². The van der Waals surface area contributed by atoms with Crippen LogP contribution in [0.2, 0.25) is 0 Å². The van der Waals surface area contributed by atoms with Gasteiger partial charge in [0.15, 0.2) is 9.84 Å². The Morgan fingerprint density at radius 1 is 1.27 bits per heavy atom. The standard InChI is InChI=1S/C12H16NO7PS/c1-22(19,20)10-5-3-2-4-8(10)12(16)21(17,18)7-6-9(13)11(14)15/h2-5,9,17-18H,6-7,13H2,1H3/p+1/t9-/m0/s1. The van der Waals surface area contributed by atoms with Crippen molar-refractivity contribution in [3.63, 3.8) is 0 Å². The average Bonchev–Trinajstić information content (AvgIpc) is 2.42. The molecule has 122 valence electrons. The van der Waals surface area contributed by atoms with Crippen LogP contribution in [0, 0.1) is 0 Å². The van der Waals surface area contributed by atoms with Crippen LogP contribution in [0.5, 0.6) is 0 Å². The fraction of sp³-hybridized carbons (Fsp3) is 0.333. The molecule has 1 aromatic carbocycles. The lowest BCUT2D eigenvalue weighted by Gasteiger charge is -2.13. The van der Waals surface area contributed by atoms with Gasteiger partial charge in [-0.25, -0.2) is 23.0 Å². The van der Waals surface area contributed by atoms with Gasteiger partial charge in [0, 0.05) is 12.7 Å². The molecule has 1 aromatic rings. The second-order valence-electron chi connectivity index (χ2n) is 4.76. The van der Waals surface area contributed by atoms with Crippen LogP contribution in [0.1, 0.15) is 16.8 Å². The maximum absolute atomic E-state index is 12.2. The summed E-state index contributed by atoms with van der Waals surface area (Å²) < 4.78 is 23.3. The SMILES string of the molecule is CS(=O)(=O)c1ccccc1C(=O)[P+](O)(O)CC[C@H](N)C(=O)O. The van der Waals surface area contributed by atoms with Gasteiger partial charge in [-0.3, -0.25) is 4.79 Å². The normalized spacial score (nSPS) is 13.6. The van der Waals surface area contributed by atoms with Crippen LogP contribution in [-0.2, 0) is 14.6 Å². The van der Waals surface area contributed by atoms with Crippen LogP contribution in [0.4, 0.5) is 0 Å². The first-order valence-electron chi connectivity index (χ1n) is 6.13. The maximum atomic E-state index is 12.2. The van der Waals surface area contributed by atoms with E-state index in [1.807, 2.05) is 0 Å². The van der Waals surface area contributed by atoms with E-state index < -0.39 is 41.3 Å². The first-order chi connectivity index (χ1) is 9.97. The number of hydrogen-bond donors (Lipinski definition) is 4. The van der Waals surface area contributed by atoms with Gasteiger partial charge in [0.05, 0.1) is 10.5 Å². The Morgan fingerprint density at radius 2 is 1.82 bits per heavy atom. The van der Waals surface area contributed by atoms with Gasteiger partial charge in [0.25, 0.3) is 0 Å². The Labute approximate surface area is 128 Å². The van der Waals surface area contributed by atoms with E-state index in [0.29, 0.717) is 0 Å². The zero-order chi connectivity index (χ0) is 17.1. The van der Waals surface area contributed by atoms with Gasteiger partial charge in [0.1, 0.15) is 12.2 Å². The molecule has 0 bridgehead atoms. The first-order valence-corrected chi connectivity index (χ1v) is 9.90. The van der Waals surface area contributed by atoms with Gasteiger partial charge >= 0.3 is 19.2 Å². The molecule has 0 aliphatic carbocycles. The maximum Gasteiger partial charge on any atom is 0.358 e. The van der Waals surface area contributed by atoms with Crippen LogP contribution in [0.15, 0.2) is 29.2 Å². The van der Waals surface area contributed by atoms with Crippen molar-refractivity contribution in [2.24, 2.45) is 5.73 Å². The highest BCUT2D eigenvalue weighted by molar-refractivity contribution is 7.91.